The molecule has 0 aromatic carbocycles. The van der Waals surface area contributed by atoms with E-state index in [1.54, 1.807) is 0 Å². The molecule has 0 N–H and O–H groups in total. The van der Waals surface area contributed by atoms with Crippen molar-refractivity contribution in [1.29, 1.82) is 0 Å². The van der Waals surface area contributed by atoms with Crippen LogP contribution in [0.1, 0.15) is 98.4 Å². The molecule has 0 bridgehead atoms. The van der Waals surface area contributed by atoms with Crippen molar-refractivity contribution >= 4 is 0 Å². The molecular formula is C30H38F3N7O2. The van der Waals surface area contributed by atoms with Gasteiger partial charge in [-0.1, -0.05) is 0 Å². The van der Waals surface area contributed by atoms with Gasteiger partial charge in [0.2, 0.25) is 5.88 Å². The molecule has 9 nitrogen and oxygen atoms in total. The number of rotatable bonds is 7. The number of likely N-dealkylation sites (tertiary alicyclic amines) is 1. The van der Waals surface area contributed by atoms with Crippen molar-refractivity contribution < 1.29 is 22.6 Å². The van der Waals surface area contributed by atoms with Crippen LogP contribution in [-0.2, 0) is 24.6 Å². The number of nitrogens with zero attached hydrogens (tertiary/aromatic N) is 7. The number of hydrogen-bond donors (Lipinski definition) is 0. The minimum Gasteiger partial charge on any atom is -0.469 e. The average Bonchev–Trinajstić information content (AvgIpc) is 3.58. The van der Waals surface area contributed by atoms with E-state index < -0.39 is 11.7 Å². The molecular weight excluding hydrogens is 547 g/mol. The highest BCUT2D eigenvalue weighted by Gasteiger charge is 2.51. The summed E-state index contributed by atoms with van der Waals surface area (Å²) in [4.78, 5) is 6.52. The molecule has 226 valence electrons. The number of halogens is 3. The molecule has 2 aliphatic heterocycles. The second kappa shape index (κ2) is 10.9. The zero-order valence-corrected chi connectivity index (χ0v) is 24.0. The van der Waals surface area contributed by atoms with E-state index in [-0.39, 0.29) is 24.0 Å². The Hall–Kier alpha value is -2.99. The summed E-state index contributed by atoms with van der Waals surface area (Å²) in [7, 11) is 1.89. The molecule has 0 amide bonds. The zero-order chi connectivity index (χ0) is 28.9. The van der Waals surface area contributed by atoms with Crippen molar-refractivity contribution in [2.75, 3.05) is 19.7 Å². The number of alkyl halides is 3. The van der Waals surface area contributed by atoms with Crippen LogP contribution in [-0.4, -0.2) is 65.8 Å². The first-order valence-corrected chi connectivity index (χ1v) is 15.2. The van der Waals surface area contributed by atoms with Crippen LogP contribution < -0.4 is 4.74 Å². The van der Waals surface area contributed by atoms with Gasteiger partial charge in [-0.3, -0.25) is 9.58 Å². The van der Waals surface area contributed by atoms with E-state index in [4.69, 9.17) is 14.6 Å². The molecule has 2 aliphatic carbocycles. The minimum atomic E-state index is -4.45. The molecule has 5 heterocycles. The van der Waals surface area contributed by atoms with Crippen LogP contribution in [0.2, 0.25) is 0 Å². The maximum Gasteiger partial charge on any atom is 0.416 e. The molecule has 12 heteroatoms. The number of ether oxygens (including phenoxy) is 2. The van der Waals surface area contributed by atoms with E-state index in [0.717, 1.165) is 69.5 Å². The molecule has 0 atom stereocenters. The van der Waals surface area contributed by atoms with Gasteiger partial charge in [0.25, 0.3) is 0 Å². The highest BCUT2D eigenvalue weighted by Crippen LogP contribution is 2.43. The standard InChI is InChI=1S/C30H38F3N7O2/c1-38-26(17-41-27-14-23(10-12-34-27)30(31,32)33)36-37-28(38)21-4-2-20(3-5-21)22-15-35-40(16-22)25-8-6-24(7-9-25)39-18-29(19-39)11-13-42-29/h10,12,14-16,20-21,24-25H,2-9,11,13,17-19H2,1H3. The maximum atomic E-state index is 13.0. The highest BCUT2D eigenvalue weighted by atomic mass is 19.4. The van der Waals surface area contributed by atoms with Crippen LogP contribution in [0.25, 0.3) is 0 Å². The Morgan fingerprint density at radius 3 is 2.40 bits per heavy atom. The molecule has 1 spiro atoms. The summed E-state index contributed by atoms with van der Waals surface area (Å²) in [6.07, 6.45) is 11.2. The Bertz CT molecular complexity index is 1380. The monoisotopic (exact) mass is 585 g/mol. The van der Waals surface area contributed by atoms with Gasteiger partial charge in [0.15, 0.2) is 5.82 Å². The lowest BCUT2D eigenvalue weighted by molar-refractivity contribution is -0.231. The van der Waals surface area contributed by atoms with E-state index >= 15 is 0 Å². The smallest absolute Gasteiger partial charge is 0.416 e. The first-order chi connectivity index (χ1) is 20.3. The first kappa shape index (κ1) is 27.8. The van der Waals surface area contributed by atoms with Crippen LogP contribution in [0, 0.1) is 0 Å². The lowest BCUT2D eigenvalue weighted by Crippen LogP contribution is -2.70. The van der Waals surface area contributed by atoms with Crippen LogP contribution >= 0.6 is 0 Å². The molecule has 7 rings (SSSR count). The van der Waals surface area contributed by atoms with Gasteiger partial charge in [-0.25, -0.2) is 4.98 Å². The number of pyridine rings is 1. The molecule has 3 aromatic rings. The van der Waals surface area contributed by atoms with Crippen LogP contribution in [0.4, 0.5) is 13.2 Å². The van der Waals surface area contributed by atoms with E-state index in [9.17, 15) is 13.2 Å². The third kappa shape index (κ3) is 5.43. The average molecular weight is 586 g/mol. The van der Waals surface area contributed by atoms with Gasteiger partial charge >= 0.3 is 6.18 Å². The van der Waals surface area contributed by atoms with E-state index in [0.29, 0.717) is 23.8 Å². The summed E-state index contributed by atoms with van der Waals surface area (Å²) in [5, 5.41) is 13.5. The van der Waals surface area contributed by atoms with Gasteiger partial charge in [0.05, 0.1) is 30.0 Å². The topological polar surface area (TPSA) is 83.1 Å². The van der Waals surface area contributed by atoms with Gasteiger partial charge < -0.3 is 14.0 Å². The fourth-order valence-electron chi connectivity index (χ4n) is 7.39. The molecule has 4 aliphatic rings. The second-order valence-corrected chi connectivity index (χ2v) is 12.7. The predicted octanol–water partition coefficient (Wildman–Crippen LogP) is 5.40. The molecule has 42 heavy (non-hydrogen) atoms. The van der Waals surface area contributed by atoms with Gasteiger partial charge in [-0.2, -0.15) is 18.3 Å². The number of aromatic nitrogens is 6. The van der Waals surface area contributed by atoms with Crippen molar-refractivity contribution in [2.24, 2.45) is 7.05 Å². The van der Waals surface area contributed by atoms with Gasteiger partial charge in [-0.15, -0.1) is 10.2 Å². The molecule has 0 unspecified atom stereocenters. The third-order valence-corrected chi connectivity index (χ3v) is 10.1. The minimum absolute atomic E-state index is 0.00147. The molecule has 2 saturated carbocycles. The van der Waals surface area contributed by atoms with Crippen molar-refractivity contribution in [2.45, 2.75) is 100 Å². The van der Waals surface area contributed by atoms with E-state index in [1.807, 2.05) is 11.6 Å². The predicted molar refractivity (Wildman–Crippen MR) is 147 cm³/mol. The summed E-state index contributed by atoms with van der Waals surface area (Å²) < 4.78 is 54.4. The largest absolute Gasteiger partial charge is 0.469 e. The lowest BCUT2D eigenvalue weighted by Gasteiger charge is -2.58. The third-order valence-electron chi connectivity index (χ3n) is 10.1. The lowest BCUT2D eigenvalue weighted by atomic mass is 9.79. The van der Waals surface area contributed by atoms with Crippen molar-refractivity contribution in [3.05, 3.63) is 53.5 Å². The van der Waals surface area contributed by atoms with Crippen LogP contribution in [0.3, 0.4) is 0 Å². The van der Waals surface area contributed by atoms with Gasteiger partial charge in [-0.05, 0) is 68.9 Å². The van der Waals surface area contributed by atoms with Gasteiger partial charge in [0, 0.05) is 57.0 Å². The van der Waals surface area contributed by atoms with Crippen LogP contribution in [0.15, 0.2) is 30.7 Å². The first-order valence-electron chi connectivity index (χ1n) is 15.2. The van der Waals surface area contributed by atoms with Crippen molar-refractivity contribution in [3.8, 4) is 5.88 Å². The van der Waals surface area contributed by atoms with Gasteiger partial charge in [0.1, 0.15) is 12.4 Å². The van der Waals surface area contributed by atoms with Crippen molar-refractivity contribution in [1.82, 2.24) is 34.4 Å². The van der Waals surface area contributed by atoms with E-state index in [1.165, 1.54) is 37.7 Å². The normalized spacial score (nSPS) is 27.9. The Kier molecular flexibility index (Phi) is 7.24. The fraction of sp³-hybridized carbons (Fsp3) is 0.667. The summed E-state index contributed by atoms with van der Waals surface area (Å²) in [6.45, 7) is 3.18. The Balaban J connectivity index is 0.891. The SMILES string of the molecule is Cn1c(COc2cc(C(F)(F)F)ccn2)nnc1C1CCC(c2cnn(C3CCC(N4CC5(CCO5)C4)CC3)c2)CC1. The summed E-state index contributed by atoms with van der Waals surface area (Å²) in [5.41, 5.74) is 0.757. The highest BCUT2D eigenvalue weighted by molar-refractivity contribution is 5.23. The Labute approximate surface area is 243 Å². The summed E-state index contributed by atoms with van der Waals surface area (Å²) >= 11 is 0. The molecule has 0 radical (unpaired) electrons. The summed E-state index contributed by atoms with van der Waals surface area (Å²) in [6, 6.07) is 3.02. The molecule has 4 fully saturated rings. The fourth-order valence-corrected chi connectivity index (χ4v) is 7.39. The van der Waals surface area contributed by atoms with Crippen LogP contribution in [0.5, 0.6) is 5.88 Å². The second-order valence-electron chi connectivity index (χ2n) is 12.7. The van der Waals surface area contributed by atoms with E-state index in [2.05, 4.69) is 37.2 Å². The Morgan fingerprint density at radius 1 is 1.00 bits per heavy atom. The Morgan fingerprint density at radius 2 is 1.71 bits per heavy atom. The number of hydrogen-bond acceptors (Lipinski definition) is 7. The maximum absolute atomic E-state index is 13.0. The quantitative estimate of drug-likeness (QED) is 0.367. The van der Waals surface area contributed by atoms with Crippen molar-refractivity contribution in [3.63, 3.8) is 0 Å². The molecule has 3 aromatic heterocycles. The zero-order valence-electron chi connectivity index (χ0n) is 24.0. The molecule has 2 saturated heterocycles. The summed E-state index contributed by atoms with van der Waals surface area (Å²) in [5.74, 6) is 2.15.